The molecule has 0 saturated heterocycles. The van der Waals surface area contributed by atoms with E-state index in [1.165, 1.54) is 0 Å². The number of ether oxygens (including phenoxy) is 1. The molecule has 0 radical (unpaired) electrons. The Morgan fingerprint density at radius 3 is 2.88 bits per heavy atom. The van der Waals surface area contributed by atoms with Crippen molar-refractivity contribution in [1.82, 2.24) is 9.55 Å². The zero-order valence-electron chi connectivity index (χ0n) is 8.85. The molecule has 0 unspecified atom stereocenters. The summed E-state index contributed by atoms with van der Waals surface area (Å²) in [5.74, 6) is 0.657. The van der Waals surface area contributed by atoms with Crippen LogP contribution in [0.2, 0.25) is 5.02 Å². The molecule has 84 valence electrons. The van der Waals surface area contributed by atoms with E-state index in [9.17, 15) is 0 Å². The van der Waals surface area contributed by atoms with Crippen LogP contribution in [0.3, 0.4) is 0 Å². The van der Waals surface area contributed by atoms with E-state index >= 15 is 0 Å². The molecule has 0 saturated carbocycles. The lowest BCUT2D eigenvalue weighted by Crippen LogP contribution is -1.96. The van der Waals surface area contributed by atoms with Gasteiger partial charge in [0.15, 0.2) is 0 Å². The number of hydrogen-bond donors (Lipinski definition) is 1. The van der Waals surface area contributed by atoms with Crippen LogP contribution in [-0.4, -0.2) is 16.7 Å². The predicted octanol–water partition coefficient (Wildman–Crippen LogP) is 1.99. The van der Waals surface area contributed by atoms with Crippen LogP contribution >= 0.6 is 11.6 Å². The highest BCUT2D eigenvalue weighted by Crippen LogP contribution is 2.26. The number of aromatic nitrogens is 2. The number of halogens is 1. The van der Waals surface area contributed by atoms with E-state index in [0.29, 0.717) is 17.3 Å². The molecule has 0 amide bonds. The molecule has 1 heterocycles. The van der Waals surface area contributed by atoms with Gasteiger partial charge < -0.3 is 15.0 Å². The Morgan fingerprint density at radius 2 is 2.31 bits per heavy atom. The second-order valence-electron chi connectivity index (χ2n) is 3.30. The molecule has 0 aliphatic carbocycles. The largest absolute Gasteiger partial charge is 0.495 e. The van der Waals surface area contributed by atoms with Gasteiger partial charge in [-0.2, -0.15) is 0 Å². The van der Waals surface area contributed by atoms with Crippen LogP contribution < -0.4 is 10.5 Å². The summed E-state index contributed by atoms with van der Waals surface area (Å²) in [6.45, 7) is 0.427. The van der Waals surface area contributed by atoms with Crippen LogP contribution in [0.5, 0.6) is 5.75 Å². The highest BCUT2D eigenvalue weighted by atomic mass is 35.5. The second-order valence-corrected chi connectivity index (χ2v) is 3.70. The lowest BCUT2D eigenvalue weighted by atomic mass is 10.3. The average Bonchev–Trinajstić information content (AvgIpc) is 2.77. The molecular weight excluding hydrogens is 226 g/mol. The van der Waals surface area contributed by atoms with Crippen LogP contribution in [0, 0.1) is 0 Å². The zero-order valence-corrected chi connectivity index (χ0v) is 9.61. The topological polar surface area (TPSA) is 53.1 Å². The number of imidazole rings is 1. The first-order valence-electron chi connectivity index (χ1n) is 4.81. The molecule has 0 aliphatic rings. The third kappa shape index (κ3) is 2.03. The van der Waals surface area contributed by atoms with Gasteiger partial charge in [-0.1, -0.05) is 11.6 Å². The molecule has 16 heavy (non-hydrogen) atoms. The Kier molecular flexibility index (Phi) is 3.12. The maximum atomic E-state index is 6.04. The van der Waals surface area contributed by atoms with Crippen LogP contribution in [-0.2, 0) is 6.54 Å². The Bertz CT molecular complexity index is 496. The van der Waals surface area contributed by atoms with Gasteiger partial charge in [-0.25, -0.2) is 4.98 Å². The Balaban J connectivity index is 2.37. The van der Waals surface area contributed by atoms with Gasteiger partial charge in [0.2, 0.25) is 0 Å². The minimum atomic E-state index is 0.427. The summed E-state index contributed by atoms with van der Waals surface area (Å²) in [5, 5.41) is 0.572. The fourth-order valence-electron chi connectivity index (χ4n) is 1.43. The second kappa shape index (κ2) is 4.55. The first-order valence-corrected chi connectivity index (χ1v) is 5.19. The molecule has 2 rings (SSSR count). The van der Waals surface area contributed by atoms with Crippen molar-refractivity contribution in [3.63, 3.8) is 0 Å². The molecule has 2 aromatic rings. The van der Waals surface area contributed by atoms with Crippen molar-refractivity contribution < 1.29 is 4.74 Å². The molecular formula is C11H12ClN3O. The summed E-state index contributed by atoms with van der Waals surface area (Å²) < 4.78 is 6.95. The monoisotopic (exact) mass is 237 g/mol. The number of nitrogens with zero attached hydrogens (tertiary/aromatic N) is 2. The van der Waals surface area contributed by atoms with Crippen molar-refractivity contribution in [2.24, 2.45) is 5.73 Å². The lowest BCUT2D eigenvalue weighted by Gasteiger charge is -2.06. The number of methoxy groups -OCH3 is 1. The summed E-state index contributed by atoms with van der Waals surface area (Å²) in [6, 6.07) is 5.55. The van der Waals surface area contributed by atoms with Gasteiger partial charge in [-0.3, -0.25) is 0 Å². The van der Waals surface area contributed by atoms with Crippen LogP contribution in [0.4, 0.5) is 0 Å². The van der Waals surface area contributed by atoms with Gasteiger partial charge in [-0.15, -0.1) is 0 Å². The first-order chi connectivity index (χ1) is 7.74. The molecule has 4 nitrogen and oxygen atoms in total. The molecule has 0 aliphatic heterocycles. The maximum Gasteiger partial charge on any atom is 0.137 e. The fraction of sp³-hybridized carbons (Fsp3) is 0.182. The van der Waals surface area contributed by atoms with Crippen molar-refractivity contribution in [1.29, 1.82) is 0 Å². The first kappa shape index (κ1) is 11.0. The van der Waals surface area contributed by atoms with Gasteiger partial charge in [0.05, 0.1) is 24.2 Å². The van der Waals surface area contributed by atoms with Crippen LogP contribution in [0.1, 0.15) is 5.69 Å². The van der Waals surface area contributed by atoms with Gasteiger partial charge in [0.1, 0.15) is 5.75 Å². The third-order valence-corrected chi connectivity index (χ3v) is 2.57. The molecule has 5 heteroatoms. The number of rotatable bonds is 3. The van der Waals surface area contributed by atoms with E-state index in [2.05, 4.69) is 4.98 Å². The van der Waals surface area contributed by atoms with E-state index in [-0.39, 0.29) is 0 Å². The number of hydrogen-bond acceptors (Lipinski definition) is 3. The van der Waals surface area contributed by atoms with E-state index in [4.69, 9.17) is 22.1 Å². The van der Waals surface area contributed by atoms with Crippen LogP contribution in [0.25, 0.3) is 5.69 Å². The minimum Gasteiger partial charge on any atom is -0.495 e. The van der Waals surface area contributed by atoms with E-state index in [1.807, 2.05) is 29.0 Å². The van der Waals surface area contributed by atoms with Crippen molar-refractivity contribution in [3.8, 4) is 11.4 Å². The summed E-state index contributed by atoms with van der Waals surface area (Å²) in [6.07, 6.45) is 3.58. The maximum absolute atomic E-state index is 6.04. The molecule has 2 N–H and O–H groups in total. The average molecular weight is 238 g/mol. The predicted molar refractivity (Wildman–Crippen MR) is 63.0 cm³/mol. The smallest absolute Gasteiger partial charge is 0.137 e. The van der Waals surface area contributed by atoms with Gasteiger partial charge in [-0.05, 0) is 18.2 Å². The van der Waals surface area contributed by atoms with Crippen molar-refractivity contribution >= 4 is 11.6 Å². The third-order valence-electron chi connectivity index (χ3n) is 2.28. The quantitative estimate of drug-likeness (QED) is 0.888. The summed E-state index contributed by atoms with van der Waals surface area (Å²) >= 11 is 6.04. The van der Waals surface area contributed by atoms with E-state index < -0.39 is 0 Å². The standard InChI is InChI=1S/C11H12ClN3O/c1-16-11-3-2-9(4-10(11)12)15-6-8(5-13)14-7-15/h2-4,6-7H,5,13H2,1H3. The molecule has 1 aromatic carbocycles. The number of benzene rings is 1. The molecule has 0 spiro atoms. The Labute approximate surface area is 98.6 Å². The summed E-state index contributed by atoms with van der Waals surface area (Å²) in [5.41, 5.74) is 7.26. The van der Waals surface area contributed by atoms with Crippen molar-refractivity contribution in [3.05, 3.63) is 41.4 Å². The van der Waals surface area contributed by atoms with Gasteiger partial charge >= 0.3 is 0 Å². The van der Waals surface area contributed by atoms with Gasteiger partial charge in [0.25, 0.3) is 0 Å². The molecule has 0 atom stereocenters. The lowest BCUT2D eigenvalue weighted by molar-refractivity contribution is 0.415. The Hall–Kier alpha value is -1.52. The van der Waals surface area contributed by atoms with Crippen molar-refractivity contribution in [2.75, 3.05) is 7.11 Å². The van der Waals surface area contributed by atoms with Crippen LogP contribution in [0.15, 0.2) is 30.7 Å². The Morgan fingerprint density at radius 1 is 1.50 bits per heavy atom. The van der Waals surface area contributed by atoms with Crippen molar-refractivity contribution in [2.45, 2.75) is 6.54 Å². The molecule has 0 bridgehead atoms. The molecule has 0 fully saturated rings. The van der Waals surface area contributed by atoms with E-state index in [1.54, 1.807) is 13.4 Å². The van der Waals surface area contributed by atoms with Gasteiger partial charge in [0, 0.05) is 18.4 Å². The SMILES string of the molecule is COc1ccc(-n2cnc(CN)c2)cc1Cl. The fourth-order valence-corrected chi connectivity index (χ4v) is 1.68. The summed E-state index contributed by atoms with van der Waals surface area (Å²) in [4.78, 5) is 4.15. The van der Waals surface area contributed by atoms with E-state index in [0.717, 1.165) is 11.4 Å². The normalized spacial score (nSPS) is 10.4. The zero-order chi connectivity index (χ0) is 11.5. The number of nitrogens with two attached hydrogens (primary N) is 1. The summed E-state index contributed by atoms with van der Waals surface area (Å²) in [7, 11) is 1.59. The molecule has 1 aromatic heterocycles. The minimum absolute atomic E-state index is 0.427. The highest BCUT2D eigenvalue weighted by Gasteiger charge is 2.04. The highest BCUT2D eigenvalue weighted by molar-refractivity contribution is 6.32.